The Hall–Kier alpha value is -2.81. The summed E-state index contributed by atoms with van der Waals surface area (Å²) in [7, 11) is 3.80. The molecule has 0 unspecified atom stereocenters. The van der Waals surface area contributed by atoms with Crippen LogP contribution in [0.4, 0.5) is 0 Å². The first-order valence-electron chi connectivity index (χ1n) is 10.0. The zero-order valence-electron chi connectivity index (χ0n) is 17.1. The third kappa shape index (κ3) is 3.69. The zero-order valence-corrected chi connectivity index (χ0v) is 17.9. The summed E-state index contributed by atoms with van der Waals surface area (Å²) in [6.07, 6.45) is 3.83. The number of fused-ring (bicyclic) bond motifs is 1. The van der Waals surface area contributed by atoms with E-state index in [1.54, 1.807) is 7.11 Å². The van der Waals surface area contributed by atoms with Crippen molar-refractivity contribution >= 4 is 16.9 Å². The highest BCUT2D eigenvalue weighted by Crippen LogP contribution is 2.29. The van der Waals surface area contributed by atoms with Gasteiger partial charge in [-0.15, -0.1) is 16.4 Å². The van der Waals surface area contributed by atoms with E-state index in [2.05, 4.69) is 61.8 Å². The number of likely N-dealkylation sites (N-methyl/N-ethyl adjacent to an activating group) is 1. The van der Waals surface area contributed by atoms with Crippen molar-refractivity contribution in [3.8, 4) is 17.0 Å². The molecule has 5 heterocycles. The number of thiophene rings is 1. The highest BCUT2D eigenvalue weighted by atomic mass is 32.1. The van der Waals surface area contributed by atoms with Gasteiger partial charge >= 0.3 is 0 Å². The van der Waals surface area contributed by atoms with E-state index in [0.29, 0.717) is 5.88 Å². The molecule has 7 nitrogen and oxygen atoms in total. The Bertz CT molecular complexity index is 1120. The molecule has 5 rings (SSSR count). The molecule has 0 amide bonds. The van der Waals surface area contributed by atoms with Gasteiger partial charge in [-0.3, -0.25) is 9.80 Å². The largest absolute Gasteiger partial charge is 0.481 e. The Morgan fingerprint density at radius 2 is 2.03 bits per heavy atom. The van der Waals surface area contributed by atoms with Crippen LogP contribution in [0, 0.1) is 0 Å². The van der Waals surface area contributed by atoms with Gasteiger partial charge in [0.15, 0.2) is 0 Å². The van der Waals surface area contributed by atoms with Crippen LogP contribution in [0.5, 0.6) is 5.88 Å². The van der Waals surface area contributed by atoms with Gasteiger partial charge in [0, 0.05) is 60.6 Å². The van der Waals surface area contributed by atoms with Gasteiger partial charge in [0.25, 0.3) is 0 Å². The first kappa shape index (κ1) is 19.2. The number of hydrogen-bond acceptors (Lipinski definition) is 7. The van der Waals surface area contributed by atoms with Gasteiger partial charge in [0.2, 0.25) is 5.88 Å². The first-order valence-corrected chi connectivity index (χ1v) is 10.9. The smallest absolute Gasteiger partial charge is 0.212 e. The van der Waals surface area contributed by atoms with E-state index < -0.39 is 0 Å². The summed E-state index contributed by atoms with van der Waals surface area (Å²) in [6.45, 7) is 4.03. The Morgan fingerprint density at radius 1 is 1.13 bits per heavy atom. The van der Waals surface area contributed by atoms with E-state index in [-0.39, 0.29) is 6.04 Å². The topological polar surface area (TPSA) is 58.8 Å². The van der Waals surface area contributed by atoms with Crippen LogP contribution in [0.2, 0.25) is 0 Å². The van der Waals surface area contributed by atoms with Gasteiger partial charge in [-0.1, -0.05) is 17.3 Å². The zero-order chi connectivity index (χ0) is 20.5. The van der Waals surface area contributed by atoms with E-state index in [0.717, 1.165) is 48.5 Å². The van der Waals surface area contributed by atoms with Crippen LogP contribution in [-0.4, -0.2) is 63.4 Å². The summed E-state index contributed by atoms with van der Waals surface area (Å²) in [5, 5.41) is 11.1. The van der Waals surface area contributed by atoms with Crippen LogP contribution in [0.1, 0.15) is 16.6 Å². The fraction of sp³-hybridized carbons (Fsp3) is 0.318. The van der Waals surface area contributed by atoms with Gasteiger partial charge in [-0.2, -0.15) is 0 Å². The van der Waals surface area contributed by atoms with E-state index in [4.69, 9.17) is 4.74 Å². The van der Waals surface area contributed by atoms with Crippen molar-refractivity contribution in [1.82, 2.24) is 29.6 Å². The lowest BCUT2D eigenvalue weighted by Gasteiger charge is -2.38. The molecular weight excluding hydrogens is 396 g/mol. The molecule has 0 spiro atoms. The number of ether oxygens (including phenoxy) is 1. The van der Waals surface area contributed by atoms with Crippen molar-refractivity contribution in [2.45, 2.75) is 12.6 Å². The summed E-state index contributed by atoms with van der Waals surface area (Å²) in [4.78, 5) is 10.6. The molecular formula is C22H24N6OS. The molecule has 154 valence electrons. The van der Waals surface area contributed by atoms with Crippen LogP contribution in [-0.2, 0) is 6.54 Å². The summed E-state index contributed by atoms with van der Waals surface area (Å²) < 4.78 is 7.03. The number of hydrogen-bond donors (Lipinski definition) is 0. The quantitative estimate of drug-likeness (QED) is 0.494. The predicted octanol–water partition coefficient (Wildman–Crippen LogP) is 3.35. The average Bonchev–Trinajstić information content (AvgIpc) is 3.44. The molecule has 0 saturated carbocycles. The Balaban J connectivity index is 1.40. The minimum absolute atomic E-state index is 0.227. The van der Waals surface area contributed by atoms with Crippen LogP contribution >= 0.6 is 11.3 Å². The van der Waals surface area contributed by atoms with Crippen molar-refractivity contribution in [1.29, 1.82) is 0 Å². The third-order valence-corrected chi connectivity index (χ3v) is 6.59. The van der Waals surface area contributed by atoms with E-state index in [9.17, 15) is 0 Å². The molecule has 0 N–H and O–H groups in total. The van der Waals surface area contributed by atoms with Crippen LogP contribution in [0.3, 0.4) is 0 Å². The molecule has 1 fully saturated rings. The van der Waals surface area contributed by atoms with Crippen LogP contribution < -0.4 is 4.74 Å². The number of piperazine rings is 1. The average molecular weight is 421 g/mol. The molecule has 1 aliphatic heterocycles. The van der Waals surface area contributed by atoms with Crippen molar-refractivity contribution in [2.24, 2.45) is 0 Å². The third-order valence-electron chi connectivity index (χ3n) is 5.73. The van der Waals surface area contributed by atoms with E-state index in [1.165, 1.54) is 4.88 Å². The Morgan fingerprint density at radius 3 is 2.80 bits per heavy atom. The predicted molar refractivity (Wildman–Crippen MR) is 118 cm³/mol. The second-order valence-electron chi connectivity index (χ2n) is 7.62. The highest BCUT2D eigenvalue weighted by Gasteiger charge is 2.29. The minimum atomic E-state index is 0.227. The number of pyridine rings is 2. The fourth-order valence-corrected chi connectivity index (χ4v) is 4.73. The molecule has 4 aromatic rings. The first-order chi connectivity index (χ1) is 14.7. The standard InChI is InChI=1S/C22H24N6OS/c1-26-9-10-27(14-18-4-3-11-30-18)15-20(26)22-19-7-5-17(13-28(19)25-24-22)16-6-8-21(29-2)23-12-16/h3-8,11-13,20H,9-10,14-15H2,1-2H3/t20-/m0/s1. The number of nitrogens with zero attached hydrogens (tertiary/aromatic N) is 6. The van der Waals surface area contributed by atoms with Gasteiger partial charge < -0.3 is 4.74 Å². The summed E-state index contributed by atoms with van der Waals surface area (Å²) in [5.74, 6) is 0.607. The minimum Gasteiger partial charge on any atom is -0.481 e. The molecule has 8 heteroatoms. The van der Waals surface area contributed by atoms with Gasteiger partial charge in [-0.25, -0.2) is 9.50 Å². The molecule has 0 bridgehead atoms. The molecule has 0 radical (unpaired) electrons. The molecule has 0 aromatic carbocycles. The lowest BCUT2D eigenvalue weighted by Crippen LogP contribution is -2.46. The second-order valence-corrected chi connectivity index (χ2v) is 8.65. The summed E-state index contributed by atoms with van der Waals surface area (Å²) in [6, 6.07) is 12.6. The molecule has 0 aliphatic carbocycles. The van der Waals surface area contributed by atoms with E-state index >= 15 is 0 Å². The molecule has 30 heavy (non-hydrogen) atoms. The maximum absolute atomic E-state index is 5.15. The van der Waals surface area contributed by atoms with Crippen molar-refractivity contribution in [3.63, 3.8) is 0 Å². The number of aromatic nitrogens is 4. The molecule has 4 aromatic heterocycles. The van der Waals surface area contributed by atoms with Crippen LogP contribution in [0.25, 0.3) is 16.6 Å². The van der Waals surface area contributed by atoms with Crippen molar-refractivity contribution in [2.75, 3.05) is 33.8 Å². The monoisotopic (exact) mass is 420 g/mol. The molecule has 1 atom stereocenters. The SMILES string of the molecule is COc1ccc(-c2ccc3c([C@@H]4CN(Cc5cccs5)CCN4C)nnn3c2)cn1. The summed E-state index contributed by atoms with van der Waals surface area (Å²) >= 11 is 1.82. The van der Waals surface area contributed by atoms with Crippen molar-refractivity contribution < 1.29 is 4.74 Å². The fourth-order valence-electron chi connectivity index (χ4n) is 3.99. The maximum atomic E-state index is 5.15. The molecule has 1 saturated heterocycles. The molecule has 1 aliphatic rings. The summed E-state index contributed by atoms with van der Waals surface area (Å²) in [5.41, 5.74) is 4.15. The maximum Gasteiger partial charge on any atom is 0.212 e. The highest BCUT2D eigenvalue weighted by molar-refractivity contribution is 7.09. The Labute approximate surface area is 179 Å². The van der Waals surface area contributed by atoms with Crippen LogP contribution in [0.15, 0.2) is 54.2 Å². The normalized spacial score (nSPS) is 18.1. The van der Waals surface area contributed by atoms with Crippen molar-refractivity contribution in [3.05, 3.63) is 64.7 Å². The van der Waals surface area contributed by atoms with Gasteiger partial charge in [0.05, 0.1) is 18.7 Å². The lowest BCUT2D eigenvalue weighted by molar-refractivity contribution is 0.0896. The second kappa shape index (κ2) is 8.14. The Kier molecular flexibility index (Phi) is 5.20. The number of methoxy groups -OCH3 is 1. The number of rotatable bonds is 5. The lowest BCUT2D eigenvalue weighted by atomic mass is 10.1. The van der Waals surface area contributed by atoms with Gasteiger partial charge in [0.1, 0.15) is 5.69 Å². The van der Waals surface area contributed by atoms with E-state index in [1.807, 2.05) is 40.4 Å². The van der Waals surface area contributed by atoms with Gasteiger partial charge in [-0.05, 0) is 30.6 Å².